The lowest BCUT2D eigenvalue weighted by Gasteiger charge is -2.44. The third-order valence-electron chi connectivity index (χ3n) is 4.28. The molecule has 118 valence electrons. The summed E-state index contributed by atoms with van der Waals surface area (Å²) in [4.78, 5) is 28.1. The summed E-state index contributed by atoms with van der Waals surface area (Å²) in [6.07, 6.45) is 3.77. The van der Waals surface area contributed by atoms with Gasteiger partial charge < -0.3 is 14.5 Å². The van der Waals surface area contributed by atoms with Gasteiger partial charge in [-0.2, -0.15) is 0 Å². The van der Waals surface area contributed by atoms with Crippen molar-refractivity contribution in [1.82, 2.24) is 9.80 Å². The fraction of sp³-hybridized carbons (Fsp3) is 0.867. The van der Waals surface area contributed by atoms with Gasteiger partial charge in [0.25, 0.3) is 0 Å². The zero-order valence-corrected chi connectivity index (χ0v) is 13.9. The van der Waals surface area contributed by atoms with Gasteiger partial charge in [0.1, 0.15) is 5.60 Å². The van der Waals surface area contributed by atoms with E-state index in [0.717, 1.165) is 25.7 Å². The Morgan fingerprint density at radius 1 is 1.29 bits per heavy atom. The lowest BCUT2D eigenvalue weighted by atomic mass is 10.0. The van der Waals surface area contributed by atoms with E-state index in [0.29, 0.717) is 24.9 Å². The number of carbonyl (C=O) groups excluding carboxylic acids is 2. The van der Waals surface area contributed by atoms with E-state index in [9.17, 15) is 9.59 Å². The molecule has 0 aromatic carbocycles. The second kappa shape index (κ2) is 5.07. The van der Waals surface area contributed by atoms with Crippen LogP contribution in [0.5, 0.6) is 0 Å². The van der Waals surface area contributed by atoms with Crippen LogP contribution < -0.4 is 0 Å². The number of thioether (sulfide) groups is 1. The largest absolute Gasteiger partial charge is 0.444 e. The van der Waals surface area contributed by atoms with Gasteiger partial charge in [0.05, 0.1) is 10.6 Å². The molecule has 0 N–H and O–H groups in total. The number of piperidine rings is 1. The molecule has 5 nitrogen and oxygen atoms in total. The first kappa shape index (κ1) is 15.0. The minimum atomic E-state index is -0.454. The monoisotopic (exact) mass is 312 g/mol. The second-order valence-corrected chi connectivity index (χ2v) is 8.53. The number of carbonyl (C=O) groups is 2. The molecule has 0 atom stereocenters. The van der Waals surface area contributed by atoms with Gasteiger partial charge in [0, 0.05) is 19.1 Å². The molecule has 6 heteroatoms. The first-order chi connectivity index (χ1) is 9.81. The van der Waals surface area contributed by atoms with E-state index in [2.05, 4.69) is 4.90 Å². The lowest BCUT2D eigenvalue weighted by Crippen LogP contribution is -2.54. The normalized spacial score (nSPS) is 25.6. The molecule has 2 heterocycles. The predicted octanol–water partition coefficient (Wildman–Crippen LogP) is 2.45. The second-order valence-electron chi connectivity index (χ2n) is 7.20. The van der Waals surface area contributed by atoms with Gasteiger partial charge in [-0.05, 0) is 46.5 Å². The van der Waals surface area contributed by atoms with E-state index in [-0.39, 0.29) is 16.9 Å². The average molecular weight is 312 g/mol. The number of nitrogens with zero attached hydrogens (tertiary/aromatic N) is 2. The van der Waals surface area contributed by atoms with E-state index >= 15 is 0 Å². The summed E-state index contributed by atoms with van der Waals surface area (Å²) in [6.45, 7) is 7.01. The van der Waals surface area contributed by atoms with Gasteiger partial charge in [-0.1, -0.05) is 0 Å². The summed E-state index contributed by atoms with van der Waals surface area (Å²) in [7, 11) is 0. The molecule has 1 spiro atoms. The molecular weight excluding hydrogens is 288 g/mol. The third-order valence-corrected chi connectivity index (χ3v) is 5.81. The number of amides is 2. The highest BCUT2D eigenvalue weighted by Gasteiger charge is 2.53. The van der Waals surface area contributed by atoms with Gasteiger partial charge in [-0.25, -0.2) is 4.79 Å². The third kappa shape index (κ3) is 3.00. The first-order valence-electron chi connectivity index (χ1n) is 7.75. The molecule has 3 fully saturated rings. The molecule has 3 rings (SSSR count). The fourth-order valence-corrected chi connectivity index (χ4v) is 4.57. The maximum absolute atomic E-state index is 12.1. The average Bonchev–Trinajstić information content (AvgIpc) is 3.15. The molecular formula is C15H24N2O3S. The molecule has 0 unspecified atom stereocenters. The molecule has 1 aliphatic carbocycles. The first-order valence-corrected chi connectivity index (χ1v) is 8.73. The summed E-state index contributed by atoms with van der Waals surface area (Å²) < 4.78 is 5.44. The Hall–Kier alpha value is -0.910. The van der Waals surface area contributed by atoms with Crippen molar-refractivity contribution in [3.05, 3.63) is 0 Å². The molecule has 0 radical (unpaired) electrons. The Bertz CT molecular complexity index is 448. The van der Waals surface area contributed by atoms with Crippen LogP contribution in [0, 0.1) is 0 Å². The summed E-state index contributed by atoms with van der Waals surface area (Å²) in [6, 6.07) is 0.459. The number of ether oxygens (including phenoxy) is 1. The molecule has 0 bridgehead atoms. The Morgan fingerprint density at radius 2 is 1.90 bits per heavy atom. The van der Waals surface area contributed by atoms with E-state index < -0.39 is 5.60 Å². The summed E-state index contributed by atoms with van der Waals surface area (Å²) in [5.74, 6) is 0.886. The smallest absolute Gasteiger partial charge is 0.410 e. The van der Waals surface area contributed by atoms with E-state index in [1.165, 1.54) is 0 Å². The predicted molar refractivity (Wildman–Crippen MR) is 82.1 cm³/mol. The topological polar surface area (TPSA) is 49.9 Å². The summed E-state index contributed by atoms with van der Waals surface area (Å²) in [5, 5.41) is 0. The number of likely N-dealkylation sites (tertiary alicyclic amines) is 1. The standard InChI is InChI=1S/C15H24N2O3S/c1-14(2,3)20-13(19)16-8-6-15(7-9-16)17(11-4-5-11)12(18)10-21-15/h11H,4-10H2,1-3H3. The molecule has 3 aliphatic rings. The van der Waals surface area contributed by atoms with Crippen LogP contribution in [0.25, 0.3) is 0 Å². The molecule has 21 heavy (non-hydrogen) atoms. The van der Waals surface area contributed by atoms with E-state index in [1.807, 2.05) is 20.8 Å². The van der Waals surface area contributed by atoms with Gasteiger partial charge in [0.2, 0.25) is 5.91 Å². The van der Waals surface area contributed by atoms with Crippen LogP contribution in [-0.2, 0) is 9.53 Å². The summed E-state index contributed by atoms with van der Waals surface area (Å²) >= 11 is 1.77. The van der Waals surface area contributed by atoms with Crippen molar-refractivity contribution in [2.45, 2.75) is 63.0 Å². The van der Waals surface area contributed by atoms with Crippen molar-refractivity contribution in [3.63, 3.8) is 0 Å². The van der Waals surface area contributed by atoms with E-state index in [1.54, 1.807) is 16.7 Å². The minimum Gasteiger partial charge on any atom is -0.444 e. The van der Waals surface area contributed by atoms with Crippen LogP contribution in [0.1, 0.15) is 46.5 Å². The fourth-order valence-electron chi connectivity index (χ4n) is 3.18. The molecule has 2 amide bonds. The number of hydrogen-bond donors (Lipinski definition) is 0. The van der Waals surface area contributed by atoms with Crippen LogP contribution in [0.2, 0.25) is 0 Å². The summed E-state index contributed by atoms with van der Waals surface area (Å²) in [5.41, 5.74) is -0.454. The van der Waals surface area contributed by atoms with Crippen LogP contribution in [0.15, 0.2) is 0 Å². The number of hydrogen-bond acceptors (Lipinski definition) is 4. The highest BCUT2D eigenvalue weighted by atomic mass is 32.2. The Balaban J connectivity index is 1.62. The maximum Gasteiger partial charge on any atom is 0.410 e. The van der Waals surface area contributed by atoms with E-state index in [4.69, 9.17) is 4.74 Å². The zero-order valence-electron chi connectivity index (χ0n) is 13.1. The van der Waals surface area contributed by atoms with Gasteiger partial charge >= 0.3 is 6.09 Å². The van der Waals surface area contributed by atoms with Crippen molar-refractivity contribution >= 4 is 23.8 Å². The molecule has 2 saturated heterocycles. The number of rotatable bonds is 1. The van der Waals surface area contributed by atoms with Gasteiger partial charge in [-0.15, -0.1) is 11.8 Å². The van der Waals surface area contributed by atoms with Crippen molar-refractivity contribution in [2.24, 2.45) is 0 Å². The highest BCUT2D eigenvalue weighted by molar-refractivity contribution is 8.01. The Labute approximate surface area is 130 Å². The SMILES string of the molecule is CC(C)(C)OC(=O)N1CCC2(CC1)SCC(=O)N2C1CC1. The maximum atomic E-state index is 12.1. The molecule has 2 aliphatic heterocycles. The van der Waals surface area contributed by atoms with Crippen molar-refractivity contribution < 1.29 is 14.3 Å². The van der Waals surface area contributed by atoms with Crippen molar-refractivity contribution in [2.75, 3.05) is 18.8 Å². The van der Waals surface area contributed by atoms with Crippen molar-refractivity contribution in [1.29, 1.82) is 0 Å². The lowest BCUT2D eigenvalue weighted by molar-refractivity contribution is -0.131. The molecule has 0 aromatic heterocycles. The van der Waals surface area contributed by atoms with Crippen molar-refractivity contribution in [3.8, 4) is 0 Å². The van der Waals surface area contributed by atoms with Crippen LogP contribution in [0.4, 0.5) is 4.79 Å². The van der Waals surface area contributed by atoms with Crippen LogP contribution in [-0.4, -0.2) is 57.2 Å². The molecule has 1 saturated carbocycles. The van der Waals surface area contributed by atoms with Gasteiger partial charge in [-0.3, -0.25) is 4.79 Å². The molecule has 0 aromatic rings. The minimum absolute atomic E-state index is 0.0588. The Kier molecular flexibility index (Phi) is 3.62. The Morgan fingerprint density at radius 3 is 2.43 bits per heavy atom. The zero-order chi connectivity index (χ0) is 15.3. The van der Waals surface area contributed by atoms with Crippen LogP contribution in [0.3, 0.4) is 0 Å². The van der Waals surface area contributed by atoms with Crippen LogP contribution >= 0.6 is 11.8 Å². The highest BCUT2D eigenvalue weighted by Crippen LogP contribution is 2.49. The van der Waals surface area contributed by atoms with Gasteiger partial charge in [0.15, 0.2) is 0 Å². The quantitative estimate of drug-likeness (QED) is 0.746.